The normalized spacial score (nSPS) is 27.7. The Labute approximate surface area is 180 Å². The van der Waals surface area contributed by atoms with Gasteiger partial charge >= 0.3 is 0 Å². The Morgan fingerprint density at radius 1 is 1.23 bits per heavy atom. The molecule has 0 aliphatic carbocycles. The molecule has 3 fully saturated rings. The van der Waals surface area contributed by atoms with E-state index in [0.29, 0.717) is 38.4 Å². The SMILES string of the molecule is O=C(NCCn1cccn1)[C@H]1[C@@H]2C[C@@H](CN(c3ncccc3F)C2)[C@@H]2CCCC(=O)N21. The summed E-state index contributed by atoms with van der Waals surface area (Å²) in [4.78, 5) is 34.3. The third-order valence-corrected chi connectivity index (χ3v) is 6.85. The van der Waals surface area contributed by atoms with Crippen LogP contribution in [0.15, 0.2) is 36.8 Å². The number of carbonyl (C=O) groups is 2. The zero-order valence-corrected chi connectivity index (χ0v) is 17.4. The van der Waals surface area contributed by atoms with Crippen molar-refractivity contribution in [2.45, 2.75) is 44.3 Å². The highest BCUT2D eigenvalue weighted by Crippen LogP contribution is 2.42. The van der Waals surface area contributed by atoms with Gasteiger partial charge in [0.05, 0.1) is 6.54 Å². The van der Waals surface area contributed by atoms with Crippen molar-refractivity contribution in [1.82, 2.24) is 25.0 Å². The molecule has 5 heterocycles. The Kier molecular flexibility index (Phi) is 5.33. The number of rotatable bonds is 5. The van der Waals surface area contributed by atoms with Crippen LogP contribution in [0.5, 0.6) is 0 Å². The van der Waals surface area contributed by atoms with Crippen molar-refractivity contribution in [3.05, 3.63) is 42.6 Å². The average molecular weight is 426 g/mol. The first kappa shape index (κ1) is 20.0. The fourth-order valence-electron chi connectivity index (χ4n) is 5.61. The molecular formula is C22H27FN6O2. The zero-order valence-electron chi connectivity index (χ0n) is 17.4. The minimum absolute atomic E-state index is 0.0222. The fraction of sp³-hybridized carbons (Fsp3) is 0.545. The summed E-state index contributed by atoms with van der Waals surface area (Å²) >= 11 is 0. The van der Waals surface area contributed by atoms with Crippen LogP contribution < -0.4 is 10.2 Å². The highest BCUT2D eigenvalue weighted by atomic mass is 19.1. The van der Waals surface area contributed by atoms with E-state index in [9.17, 15) is 14.0 Å². The van der Waals surface area contributed by atoms with Gasteiger partial charge in [-0.15, -0.1) is 0 Å². The van der Waals surface area contributed by atoms with Crippen LogP contribution in [0.2, 0.25) is 0 Å². The first-order chi connectivity index (χ1) is 15.1. The van der Waals surface area contributed by atoms with E-state index >= 15 is 0 Å². The van der Waals surface area contributed by atoms with Gasteiger partial charge in [0.25, 0.3) is 0 Å². The number of aromatic nitrogens is 3. The van der Waals surface area contributed by atoms with E-state index in [1.54, 1.807) is 23.1 Å². The smallest absolute Gasteiger partial charge is 0.243 e. The standard InChI is InChI=1S/C22H27FN6O2/c23-17-4-2-7-24-21(17)27-13-15-12-16(14-27)20(29-18(15)5-1-6-19(29)30)22(31)25-9-11-28-10-3-8-26-28/h2-4,7-8,10,15-16,18,20H,1,5-6,9,11-14H2,(H,25,31)/t15-,16+,18-,20+/m0/s1. The Balaban J connectivity index is 1.37. The molecule has 0 aromatic carbocycles. The van der Waals surface area contributed by atoms with E-state index in [-0.39, 0.29) is 35.5 Å². The molecule has 2 aromatic heterocycles. The average Bonchev–Trinajstić information content (AvgIpc) is 3.28. The molecule has 3 aliphatic rings. The molecule has 3 aliphatic heterocycles. The number of hydrogen-bond donors (Lipinski definition) is 1. The minimum atomic E-state index is -0.527. The fourth-order valence-corrected chi connectivity index (χ4v) is 5.61. The lowest BCUT2D eigenvalue weighted by atomic mass is 9.71. The summed E-state index contributed by atoms with van der Waals surface area (Å²) in [5, 5.41) is 7.17. The Morgan fingerprint density at radius 3 is 2.90 bits per heavy atom. The van der Waals surface area contributed by atoms with Gasteiger partial charge in [-0.3, -0.25) is 14.3 Å². The van der Waals surface area contributed by atoms with Crippen LogP contribution in [0.25, 0.3) is 0 Å². The van der Waals surface area contributed by atoms with Gasteiger partial charge in [-0.2, -0.15) is 5.10 Å². The lowest BCUT2D eigenvalue weighted by molar-refractivity contribution is -0.156. The van der Waals surface area contributed by atoms with Crippen molar-refractivity contribution >= 4 is 17.6 Å². The van der Waals surface area contributed by atoms with Crippen molar-refractivity contribution < 1.29 is 14.0 Å². The molecule has 8 nitrogen and oxygen atoms in total. The molecule has 2 bridgehead atoms. The lowest BCUT2D eigenvalue weighted by Crippen LogP contribution is -2.68. The van der Waals surface area contributed by atoms with Crippen LogP contribution in [-0.2, 0) is 16.1 Å². The Hall–Kier alpha value is -2.97. The van der Waals surface area contributed by atoms with Crippen molar-refractivity contribution in [1.29, 1.82) is 0 Å². The van der Waals surface area contributed by atoms with Gasteiger partial charge in [-0.25, -0.2) is 9.37 Å². The molecule has 0 spiro atoms. The quantitative estimate of drug-likeness (QED) is 0.782. The van der Waals surface area contributed by atoms with E-state index in [1.807, 2.05) is 22.1 Å². The van der Waals surface area contributed by atoms with Crippen molar-refractivity contribution in [2.75, 3.05) is 24.5 Å². The lowest BCUT2D eigenvalue weighted by Gasteiger charge is -2.56. The van der Waals surface area contributed by atoms with E-state index in [2.05, 4.69) is 15.4 Å². The van der Waals surface area contributed by atoms with Gasteiger partial charge in [-0.1, -0.05) is 0 Å². The molecule has 9 heteroatoms. The second-order valence-corrected chi connectivity index (χ2v) is 8.74. The molecule has 3 saturated heterocycles. The predicted octanol–water partition coefficient (Wildman–Crippen LogP) is 1.44. The highest BCUT2D eigenvalue weighted by Gasteiger charge is 2.52. The Bertz CT molecular complexity index is 951. The Morgan fingerprint density at radius 2 is 2.10 bits per heavy atom. The van der Waals surface area contributed by atoms with Crippen molar-refractivity contribution in [2.24, 2.45) is 11.8 Å². The van der Waals surface area contributed by atoms with Crippen LogP contribution >= 0.6 is 0 Å². The number of fused-ring (bicyclic) bond motifs is 4. The molecule has 0 unspecified atom stereocenters. The molecule has 164 valence electrons. The maximum absolute atomic E-state index is 14.4. The monoisotopic (exact) mass is 426 g/mol. The van der Waals surface area contributed by atoms with Crippen molar-refractivity contribution in [3.8, 4) is 0 Å². The molecular weight excluding hydrogens is 399 g/mol. The number of piperidine rings is 3. The first-order valence-corrected chi connectivity index (χ1v) is 11.0. The number of nitrogens with zero attached hydrogens (tertiary/aromatic N) is 5. The number of pyridine rings is 1. The summed E-state index contributed by atoms with van der Waals surface area (Å²) in [7, 11) is 0. The maximum atomic E-state index is 14.4. The first-order valence-electron chi connectivity index (χ1n) is 11.0. The van der Waals surface area contributed by atoms with Crippen LogP contribution in [0.3, 0.4) is 0 Å². The number of amides is 2. The third-order valence-electron chi connectivity index (χ3n) is 6.85. The van der Waals surface area contributed by atoms with E-state index in [4.69, 9.17) is 0 Å². The van der Waals surface area contributed by atoms with Crippen LogP contribution in [0, 0.1) is 17.7 Å². The molecule has 0 radical (unpaired) electrons. The van der Waals surface area contributed by atoms with Crippen LogP contribution in [-0.4, -0.2) is 63.2 Å². The summed E-state index contributed by atoms with van der Waals surface area (Å²) in [6.45, 7) is 2.19. The van der Waals surface area contributed by atoms with E-state index in [0.717, 1.165) is 19.3 Å². The number of carbonyl (C=O) groups excluding carboxylic acids is 2. The van der Waals surface area contributed by atoms with Crippen LogP contribution in [0.4, 0.5) is 10.2 Å². The summed E-state index contributed by atoms with van der Waals surface area (Å²) in [5.41, 5.74) is 0. The van der Waals surface area contributed by atoms with Gasteiger partial charge in [0.1, 0.15) is 6.04 Å². The largest absolute Gasteiger partial charge is 0.353 e. The third kappa shape index (κ3) is 3.77. The number of hydrogen-bond acceptors (Lipinski definition) is 5. The predicted molar refractivity (Wildman–Crippen MR) is 112 cm³/mol. The summed E-state index contributed by atoms with van der Waals surface area (Å²) in [6.07, 6.45) is 8.24. The maximum Gasteiger partial charge on any atom is 0.243 e. The van der Waals surface area contributed by atoms with Gasteiger partial charge in [-0.05, 0) is 43.4 Å². The van der Waals surface area contributed by atoms with Gasteiger partial charge in [0.2, 0.25) is 11.8 Å². The molecule has 2 aromatic rings. The van der Waals surface area contributed by atoms with Crippen LogP contribution in [0.1, 0.15) is 25.7 Å². The number of nitrogens with one attached hydrogen (secondary N) is 1. The number of halogens is 1. The zero-order chi connectivity index (χ0) is 21.4. The second-order valence-electron chi connectivity index (χ2n) is 8.74. The van der Waals surface area contributed by atoms with Crippen molar-refractivity contribution in [3.63, 3.8) is 0 Å². The summed E-state index contributed by atoms with van der Waals surface area (Å²) in [6, 6.07) is 4.34. The molecule has 4 atom stereocenters. The second kappa shape index (κ2) is 8.28. The number of anilines is 1. The summed E-state index contributed by atoms with van der Waals surface area (Å²) < 4.78 is 16.2. The molecule has 2 amide bonds. The van der Waals surface area contributed by atoms with E-state index < -0.39 is 6.04 Å². The van der Waals surface area contributed by atoms with Gasteiger partial charge in [0, 0.05) is 56.6 Å². The summed E-state index contributed by atoms with van der Waals surface area (Å²) in [5.74, 6) is 0.0976. The minimum Gasteiger partial charge on any atom is -0.353 e. The molecule has 1 N–H and O–H groups in total. The molecule has 0 saturated carbocycles. The molecule has 5 rings (SSSR count). The topological polar surface area (TPSA) is 83.4 Å². The molecule has 31 heavy (non-hydrogen) atoms. The highest BCUT2D eigenvalue weighted by molar-refractivity contribution is 5.89. The van der Waals surface area contributed by atoms with E-state index in [1.165, 1.54) is 6.07 Å². The van der Waals surface area contributed by atoms with Gasteiger partial charge in [0.15, 0.2) is 11.6 Å². The van der Waals surface area contributed by atoms with Gasteiger partial charge < -0.3 is 15.1 Å².